The van der Waals surface area contributed by atoms with E-state index in [-0.39, 0.29) is 11.9 Å². The molecule has 160 valence electrons. The van der Waals surface area contributed by atoms with E-state index in [4.69, 9.17) is 16.3 Å². The predicted octanol–water partition coefficient (Wildman–Crippen LogP) is 2.72. The van der Waals surface area contributed by atoms with Crippen molar-refractivity contribution in [1.29, 1.82) is 0 Å². The van der Waals surface area contributed by atoms with Crippen LogP contribution in [0.4, 0.5) is 17.2 Å². The molecule has 1 unspecified atom stereocenters. The zero-order valence-electron chi connectivity index (χ0n) is 17.3. The van der Waals surface area contributed by atoms with E-state index in [9.17, 15) is 4.79 Å². The summed E-state index contributed by atoms with van der Waals surface area (Å²) < 4.78 is 5.40. The van der Waals surface area contributed by atoms with Crippen LogP contribution in [-0.4, -0.2) is 74.3 Å². The number of benzene rings is 1. The van der Waals surface area contributed by atoms with Crippen LogP contribution in [0.1, 0.15) is 6.92 Å². The molecule has 1 atom stereocenters. The number of pyridine rings is 1. The van der Waals surface area contributed by atoms with Gasteiger partial charge in [-0.1, -0.05) is 11.6 Å². The van der Waals surface area contributed by atoms with Crippen molar-refractivity contribution < 1.29 is 9.53 Å². The molecule has 2 saturated heterocycles. The number of carbonyl (C=O) groups is 1. The Morgan fingerprint density at radius 2 is 1.70 bits per heavy atom. The summed E-state index contributed by atoms with van der Waals surface area (Å²) in [6, 6.07) is 11.7. The van der Waals surface area contributed by atoms with Gasteiger partial charge in [0.15, 0.2) is 0 Å². The molecule has 1 N–H and O–H groups in total. The van der Waals surface area contributed by atoms with Gasteiger partial charge in [-0.25, -0.2) is 4.98 Å². The van der Waals surface area contributed by atoms with Crippen molar-refractivity contribution in [3.8, 4) is 0 Å². The number of hydrogen-bond donors (Lipinski definition) is 1. The van der Waals surface area contributed by atoms with Crippen LogP contribution in [0.2, 0.25) is 5.02 Å². The van der Waals surface area contributed by atoms with E-state index >= 15 is 0 Å². The van der Waals surface area contributed by atoms with E-state index in [0.29, 0.717) is 5.02 Å². The fraction of sp³-hybridized carbons (Fsp3) is 0.455. The van der Waals surface area contributed by atoms with Gasteiger partial charge >= 0.3 is 0 Å². The van der Waals surface area contributed by atoms with Crippen molar-refractivity contribution in [3.63, 3.8) is 0 Å². The third kappa shape index (κ3) is 5.03. The van der Waals surface area contributed by atoms with E-state index in [1.807, 2.05) is 31.2 Å². The van der Waals surface area contributed by atoms with Crippen molar-refractivity contribution in [2.45, 2.75) is 13.0 Å². The van der Waals surface area contributed by atoms with Gasteiger partial charge in [-0.05, 0) is 43.3 Å². The van der Waals surface area contributed by atoms with Crippen LogP contribution < -0.4 is 15.1 Å². The number of morpholine rings is 1. The van der Waals surface area contributed by atoms with Gasteiger partial charge in [-0.15, -0.1) is 0 Å². The molecule has 1 aromatic heterocycles. The van der Waals surface area contributed by atoms with Crippen molar-refractivity contribution in [1.82, 2.24) is 9.88 Å². The molecule has 0 saturated carbocycles. The monoisotopic (exact) mass is 429 g/mol. The van der Waals surface area contributed by atoms with Crippen LogP contribution in [0.15, 0.2) is 42.6 Å². The van der Waals surface area contributed by atoms with Gasteiger partial charge in [-0.2, -0.15) is 0 Å². The third-order valence-electron chi connectivity index (χ3n) is 5.79. The Labute approximate surface area is 182 Å². The molecule has 7 nitrogen and oxygen atoms in total. The highest BCUT2D eigenvalue weighted by atomic mass is 35.5. The lowest BCUT2D eigenvalue weighted by molar-refractivity contribution is -0.120. The first-order chi connectivity index (χ1) is 14.6. The molecule has 3 heterocycles. The van der Waals surface area contributed by atoms with Crippen LogP contribution >= 0.6 is 11.6 Å². The van der Waals surface area contributed by atoms with Crippen molar-refractivity contribution in [2.24, 2.45) is 0 Å². The maximum Gasteiger partial charge on any atom is 0.241 e. The predicted molar refractivity (Wildman–Crippen MR) is 121 cm³/mol. The van der Waals surface area contributed by atoms with E-state index in [0.717, 1.165) is 69.7 Å². The molecule has 2 aliphatic rings. The summed E-state index contributed by atoms with van der Waals surface area (Å²) in [6.45, 7) is 8.59. The maximum absolute atomic E-state index is 12.8. The summed E-state index contributed by atoms with van der Waals surface area (Å²) in [5.41, 5.74) is 1.99. The summed E-state index contributed by atoms with van der Waals surface area (Å²) in [6.07, 6.45) is 1.67. The molecule has 4 rings (SSSR count). The molecule has 30 heavy (non-hydrogen) atoms. The van der Waals surface area contributed by atoms with Gasteiger partial charge < -0.3 is 19.9 Å². The number of nitrogens with zero attached hydrogens (tertiary/aromatic N) is 4. The Morgan fingerprint density at radius 1 is 1.00 bits per heavy atom. The smallest absolute Gasteiger partial charge is 0.241 e. The molecule has 2 aliphatic heterocycles. The van der Waals surface area contributed by atoms with Crippen LogP contribution in [0, 0.1) is 0 Å². The third-order valence-corrected chi connectivity index (χ3v) is 6.01. The molecule has 0 spiro atoms. The molecule has 1 aromatic carbocycles. The highest BCUT2D eigenvalue weighted by Crippen LogP contribution is 2.20. The SMILES string of the molecule is CC(C(=O)Nc1ccc(N2CCOCC2)cc1)N1CCN(c2ccc(Cl)cn2)CC1. The Hall–Kier alpha value is -2.35. The number of piperazine rings is 1. The molecule has 1 amide bonds. The Morgan fingerprint density at radius 3 is 2.33 bits per heavy atom. The Balaban J connectivity index is 1.28. The molecule has 8 heteroatoms. The number of aromatic nitrogens is 1. The fourth-order valence-corrected chi connectivity index (χ4v) is 3.99. The number of anilines is 3. The number of carbonyl (C=O) groups excluding carboxylic acids is 1. The number of rotatable bonds is 5. The van der Waals surface area contributed by atoms with Gasteiger partial charge in [0.25, 0.3) is 0 Å². The fourth-order valence-electron chi connectivity index (χ4n) is 3.88. The lowest BCUT2D eigenvalue weighted by atomic mass is 10.2. The minimum absolute atomic E-state index is 0.0205. The highest BCUT2D eigenvalue weighted by molar-refractivity contribution is 6.30. The second-order valence-corrected chi connectivity index (χ2v) is 8.11. The number of amides is 1. The lowest BCUT2D eigenvalue weighted by Gasteiger charge is -2.38. The van der Waals surface area contributed by atoms with Crippen LogP contribution in [-0.2, 0) is 9.53 Å². The van der Waals surface area contributed by atoms with E-state index in [2.05, 4.69) is 37.1 Å². The normalized spacial score (nSPS) is 18.9. The number of nitrogens with one attached hydrogen (secondary N) is 1. The van der Waals surface area contributed by atoms with E-state index < -0.39 is 0 Å². The van der Waals surface area contributed by atoms with Gasteiger partial charge in [-0.3, -0.25) is 9.69 Å². The molecule has 0 aliphatic carbocycles. The summed E-state index contributed by atoms with van der Waals surface area (Å²) in [5, 5.41) is 3.69. The average molecular weight is 430 g/mol. The average Bonchev–Trinajstić information content (AvgIpc) is 2.80. The summed E-state index contributed by atoms with van der Waals surface area (Å²) in [7, 11) is 0. The standard InChI is InChI=1S/C22H28ClN5O2/c1-17(26-8-10-28(11-9-26)21-7-2-18(23)16-24-21)22(29)25-19-3-5-20(6-4-19)27-12-14-30-15-13-27/h2-7,16-17H,8-15H2,1H3,(H,25,29). The minimum Gasteiger partial charge on any atom is -0.378 e. The van der Waals surface area contributed by atoms with E-state index in [1.54, 1.807) is 6.20 Å². The summed E-state index contributed by atoms with van der Waals surface area (Å²) in [4.78, 5) is 23.9. The largest absolute Gasteiger partial charge is 0.378 e. The molecular formula is C22H28ClN5O2. The first kappa shape index (κ1) is 20.9. The molecule has 0 bridgehead atoms. The Kier molecular flexibility index (Phi) is 6.72. The molecular weight excluding hydrogens is 402 g/mol. The Bertz CT molecular complexity index is 832. The lowest BCUT2D eigenvalue weighted by Crippen LogP contribution is -2.53. The van der Waals surface area contributed by atoms with Gasteiger partial charge in [0, 0.05) is 56.8 Å². The second-order valence-electron chi connectivity index (χ2n) is 7.67. The van der Waals surface area contributed by atoms with Gasteiger partial charge in [0.2, 0.25) is 5.91 Å². The van der Waals surface area contributed by atoms with Crippen LogP contribution in [0.5, 0.6) is 0 Å². The van der Waals surface area contributed by atoms with Crippen molar-refractivity contribution in [2.75, 3.05) is 67.6 Å². The van der Waals surface area contributed by atoms with Gasteiger partial charge in [0.05, 0.1) is 24.3 Å². The molecule has 0 radical (unpaired) electrons. The second kappa shape index (κ2) is 9.64. The van der Waals surface area contributed by atoms with Crippen molar-refractivity contribution >= 4 is 34.7 Å². The highest BCUT2D eigenvalue weighted by Gasteiger charge is 2.26. The first-order valence-electron chi connectivity index (χ1n) is 10.4. The maximum atomic E-state index is 12.8. The minimum atomic E-state index is -0.191. The number of ether oxygens (including phenoxy) is 1. The topological polar surface area (TPSA) is 60.9 Å². The number of hydrogen-bond acceptors (Lipinski definition) is 6. The number of halogens is 1. The zero-order valence-corrected chi connectivity index (χ0v) is 18.0. The van der Waals surface area contributed by atoms with Crippen LogP contribution in [0.3, 0.4) is 0 Å². The van der Waals surface area contributed by atoms with Crippen molar-refractivity contribution in [3.05, 3.63) is 47.6 Å². The summed E-state index contributed by atoms with van der Waals surface area (Å²) in [5.74, 6) is 0.948. The molecule has 2 fully saturated rings. The van der Waals surface area contributed by atoms with Gasteiger partial charge in [0.1, 0.15) is 5.82 Å². The van der Waals surface area contributed by atoms with Crippen LogP contribution in [0.25, 0.3) is 0 Å². The summed E-state index contributed by atoms with van der Waals surface area (Å²) >= 11 is 5.92. The molecule has 2 aromatic rings. The zero-order chi connectivity index (χ0) is 20.9. The quantitative estimate of drug-likeness (QED) is 0.788. The van der Waals surface area contributed by atoms with E-state index in [1.165, 1.54) is 0 Å². The first-order valence-corrected chi connectivity index (χ1v) is 10.8.